The number of nitrogens with zero attached hydrogens (tertiary/aromatic N) is 3. The lowest BCUT2D eigenvalue weighted by molar-refractivity contribution is -0.133. The highest BCUT2D eigenvalue weighted by molar-refractivity contribution is 7.17. The Morgan fingerprint density at radius 2 is 2.36 bits per heavy atom. The number of carbonyl (C=O) groups is 1. The van der Waals surface area contributed by atoms with Gasteiger partial charge in [0.15, 0.2) is 0 Å². The molecule has 1 aromatic carbocycles. The van der Waals surface area contributed by atoms with Crippen molar-refractivity contribution in [1.29, 1.82) is 0 Å². The van der Waals surface area contributed by atoms with Crippen LogP contribution in [-0.2, 0) is 18.3 Å². The Morgan fingerprint density at radius 3 is 3.16 bits per heavy atom. The van der Waals surface area contributed by atoms with E-state index >= 15 is 0 Å². The zero-order valence-electron chi connectivity index (χ0n) is 13.9. The molecule has 3 heterocycles. The number of aromatic nitrogens is 2. The second-order valence-electron chi connectivity index (χ2n) is 6.33. The van der Waals surface area contributed by atoms with Crippen LogP contribution in [-0.4, -0.2) is 40.2 Å². The molecule has 3 aromatic rings. The first-order valence-electron chi connectivity index (χ1n) is 8.26. The van der Waals surface area contributed by atoms with E-state index in [1.165, 1.54) is 0 Å². The fourth-order valence-electron chi connectivity index (χ4n) is 3.37. The van der Waals surface area contributed by atoms with Crippen LogP contribution < -0.4 is 5.32 Å². The fourth-order valence-corrected chi connectivity index (χ4v) is 4.48. The fraction of sp³-hybridized carbons (Fsp3) is 0.333. The summed E-state index contributed by atoms with van der Waals surface area (Å²) in [5.41, 5.74) is 2.12. The average molecular weight is 375 g/mol. The highest BCUT2D eigenvalue weighted by Crippen LogP contribution is 2.30. The zero-order chi connectivity index (χ0) is 17.4. The van der Waals surface area contributed by atoms with E-state index in [0.717, 1.165) is 34.3 Å². The second kappa shape index (κ2) is 6.78. The number of benzene rings is 1. The molecule has 1 saturated heterocycles. The minimum Gasteiger partial charge on any atom is -0.333 e. The van der Waals surface area contributed by atoms with Crippen LogP contribution in [0.25, 0.3) is 10.1 Å². The summed E-state index contributed by atoms with van der Waals surface area (Å²) in [5.74, 6) is 0.148. The summed E-state index contributed by atoms with van der Waals surface area (Å²) in [7, 11) is 1.90. The van der Waals surface area contributed by atoms with Crippen molar-refractivity contribution >= 4 is 38.9 Å². The maximum absolute atomic E-state index is 13.0. The lowest BCUT2D eigenvalue weighted by atomic mass is 10.0. The molecule has 25 heavy (non-hydrogen) atoms. The quantitative estimate of drug-likeness (QED) is 0.766. The molecule has 2 aromatic heterocycles. The molecule has 1 unspecified atom stereocenters. The van der Waals surface area contributed by atoms with Gasteiger partial charge in [-0.3, -0.25) is 9.48 Å². The summed E-state index contributed by atoms with van der Waals surface area (Å²) in [6.07, 6.45) is 4.23. The van der Waals surface area contributed by atoms with Gasteiger partial charge >= 0.3 is 0 Å². The van der Waals surface area contributed by atoms with Crippen LogP contribution in [0, 0.1) is 0 Å². The van der Waals surface area contributed by atoms with Gasteiger partial charge in [0.1, 0.15) is 0 Å². The molecular weight excluding hydrogens is 356 g/mol. The van der Waals surface area contributed by atoms with Gasteiger partial charge in [-0.1, -0.05) is 11.6 Å². The molecule has 130 valence electrons. The van der Waals surface area contributed by atoms with Crippen LogP contribution in [0.2, 0.25) is 5.02 Å². The monoisotopic (exact) mass is 374 g/mol. The number of hydrogen-bond acceptors (Lipinski definition) is 4. The predicted molar refractivity (Wildman–Crippen MR) is 101 cm³/mol. The number of rotatable bonds is 3. The molecule has 0 saturated carbocycles. The van der Waals surface area contributed by atoms with E-state index in [4.69, 9.17) is 11.6 Å². The number of aryl methyl sites for hydroxylation is 1. The highest BCUT2D eigenvalue weighted by atomic mass is 35.5. The number of nitrogens with one attached hydrogen (secondary N) is 1. The normalized spacial score (nSPS) is 18.0. The van der Waals surface area contributed by atoms with Gasteiger partial charge < -0.3 is 10.2 Å². The molecule has 0 spiro atoms. The lowest BCUT2D eigenvalue weighted by Gasteiger charge is -2.36. The van der Waals surface area contributed by atoms with Gasteiger partial charge in [-0.25, -0.2) is 0 Å². The predicted octanol–water partition coefficient (Wildman–Crippen LogP) is 3.00. The number of halogens is 1. The first-order chi connectivity index (χ1) is 12.1. The summed E-state index contributed by atoms with van der Waals surface area (Å²) in [5, 5.41) is 11.5. The van der Waals surface area contributed by atoms with Gasteiger partial charge in [0, 0.05) is 48.2 Å². The van der Waals surface area contributed by atoms with E-state index in [-0.39, 0.29) is 11.9 Å². The molecule has 0 bridgehead atoms. The molecule has 1 fully saturated rings. The van der Waals surface area contributed by atoms with Gasteiger partial charge in [-0.15, -0.1) is 11.3 Å². The number of thiophene rings is 1. The third-order valence-corrected chi connectivity index (χ3v) is 5.88. The molecule has 1 aliphatic heterocycles. The minimum absolute atomic E-state index is 0.0310. The smallest absolute Gasteiger partial charge is 0.227 e. The number of carbonyl (C=O) groups excluding carboxylic acids is 1. The van der Waals surface area contributed by atoms with Crippen molar-refractivity contribution in [2.45, 2.75) is 12.5 Å². The van der Waals surface area contributed by atoms with Crippen molar-refractivity contribution in [1.82, 2.24) is 20.0 Å². The molecular formula is C18H19ClN4OS. The Balaban J connectivity index is 1.59. The first-order valence-corrected chi connectivity index (χ1v) is 9.52. The third kappa shape index (κ3) is 3.29. The summed E-state index contributed by atoms with van der Waals surface area (Å²) in [6, 6.07) is 5.88. The summed E-state index contributed by atoms with van der Waals surface area (Å²) in [4.78, 5) is 15.0. The van der Waals surface area contributed by atoms with Crippen molar-refractivity contribution in [2.24, 2.45) is 7.05 Å². The SMILES string of the molecule is Cn1cc(C2CNCCN2C(=O)Cc2csc3ccc(Cl)cc23)cn1. The molecule has 0 aliphatic carbocycles. The van der Waals surface area contributed by atoms with Gasteiger partial charge in [-0.2, -0.15) is 5.10 Å². The molecule has 4 rings (SSSR count). The van der Waals surface area contributed by atoms with Crippen molar-refractivity contribution < 1.29 is 4.79 Å². The second-order valence-corrected chi connectivity index (χ2v) is 7.68. The van der Waals surface area contributed by atoms with Crippen molar-refractivity contribution in [2.75, 3.05) is 19.6 Å². The number of fused-ring (bicyclic) bond motifs is 1. The summed E-state index contributed by atoms with van der Waals surface area (Å²) < 4.78 is 2.94. The summed E-state index contributed by atoms with van der Waals surface area (Å²) >= 11 is 7.79. The standard InChI is InChI=1S/C18H19ClN4OS/c1-22-10-13(8-21-22)16-9-20-4-5-23(16)18(24)6-12-11-25-17-3-2-14(19)7-15(12)17/h2-3,7-8,10-11,16,20H,4-6,9H2,1H3. The van der Waals surface area contributed by atoms with E-state index in [2.05, 4.69) is 15.8 Å². The van der Waals surface area contributed by atoms with Crippen molar-refractivity contribution in [3.63, 3.8) is 0 Å². The van der Waals surface area contributed by atoms with Crippen molar-refractivity contribution in [3.8, 4) is 0 Å². The molecule has 1 aliphatic rings. The summed E-state index contributed by atoms with van der Waals surface area (Å²) in [6.45, 7) is 2.29. The van der Waals surface area contributed by atoms with E-state index in [9.17, 15) is 4.79 Å². The number of hydrogen-bond donors (Lipinski definition) is 1. The van der Waals surface area contributed by atoms with Crippen molar-refractivity contribution in [3.05, 3.63) is 52.1 Å². The molecule has 7 heteroatoms. The van der Waals surface area contributed by atoms with E-state index in [0.29, 0.717) is 18.0 Å². The Bertz CT molecular complexity index is 919. The van der Waals surface area contributed by atoms with Crippen LogP contribution in [0.1, 0.15) is 17.2 Å². The van der Waals surface area contributed by atoms with Crippen LogP contribution in [0.4, 0.5) is 0 Å². The molecule has 1 atom stereocenters. The van der Waals surface area contributed by atoms with Gasteiger partial charge in [-0.05, 0) is 34.5 Å². The average Bonchev–Trinajstić information content (AvgIpc) is 3.21. The number of amides is 1. The minimum atomic E-state index is 0.0310. The maximum Gasteiger partial charge on any atom is 0.227 e. The third-order valence-electron chi connectivity index (χ3n) is 4.63. The van der Waals surface area contributed by atoms with Crippen LogP contribution in [0.15, 0.2) is 36.0 Å². The molecule has 1 N–H and O–H groups in total. The largest absolute Gasteiger partial charge is 0.333 e. The van der Waals surface area contributed by atoms with E-state index in [1.54, 1.807) is 16.0 Å². The maximum atomic E-state index is 13.0. The number of piperazine rings is 1. The molecule has 0 radical (unpaired) electrons. The van der Waals surface area contributed by atoms with Crippen LogP contribution >= 0.6 is 22.9 Å². The van der Waals surface area contributed by atoms with E-state index < -0.39 is 0 Å². The molecule has 5 nitrogen and oxygen atoms in total. The Labute approximate surface area is 155 Å². The van der Waals surface area contributed by atoms with Gasteiger partial charge in [0.2, 0.25) is 5.91 Å². The van der Waals surface area contributed by atoms with E-state index in [1.807, 2.05) is 42.5 Å². The molecule has 1 amide bonds. The topological polar surface area (TPSA) is 50.2 Å². The lowest BCUT2D eigenvalue weighted by Crippen LogP contribution is -2.49. The Hall–Kier alpha value is -1.89. The van der Waals surface area contributed by atoms with Gasteiger partial charge in [0.05, 0.1) is 18.7 Å². The van der Waals surface area contributed by atoms with Gasteiger partial charge in [0.25, 0.3) is 0 Å². The first kappa shape index (κ1) is 16.6. The van der Waals surface area contributed by atoms with Crippen LogP contribution in [0.3, 0.4) is 0 Å². The Kier molecular flexibility index (Phi) is 4.50. The van der Waals surface area contributed by atoms with Crippen LogP contribution in [0.5, 0.6) is 0 Å². The zero-order valence-corrected chi connectivity index (χ0v) is 15.5. The highest BCUT2D eigenvalue weighted by Gasteiger charge is 2.29. The Morgan fingerprint density at radius 1 is 1.48 bits per heavy atom.